The van der Waals surface area contributed by atoms with Crippen LogP contribution in [-0.4, -0.2) is 23.1 Å². The maximum Gasteiger partial charge on any atom is 2.00 e. The van der Waals surface area contributed by atoms with Crippen molar-refractivity contribution in [1.82, 2.24) is 0 Å². The Labute approximate surface area is 72.2 Å². The van der Waals surface area contributed by atoms with Crippen molar-refractivity contribution in [2.45, 2.75) is 0 Å². The summed E-state index contributed by atoms with van der Waals surface area (Å²) in [5.41, 5.74) is 0. The van der Waals surface area contributed by atoms with Gasteiger partial charge in [0.1, 0.15) is 0 Å². The van der Waals surface area contributed by atoms with Gasteiger partial charge in [-0.15, -0.1) is 0 Å². The summed E-state index contributed by atoms with van der Waals surface area (Å²) in [6.07, 6.45) is 0. The molecule has 0 heterocycles. The van der Waals surface area contributed by atoms with Crippen LogP contribution in [0.3, 0.4) is 0 Å². The molecule has 31 valence electrons. The van der Waals surface area contributed by atoms with E-state index in [-0.39, 0.29) is 72.7 Å². The first-order valence-corrected chi connectivity index (χ1v) is 0. The van der Waals surface area contributed by atoms with Crippen LogP contribution in [0.1, 0.15) is 2.85 Å². The average Bonchev–Trinajstić information content (AvgIpc) is 0. The van der Waals surface area contributed by atoms with Crippen LogP contribution in [0.4, 0.5) is 0 Å². The zero-order chi connectivity index (χ0) is 0. The third-order valence-electron chi connectivity index (χ3n) is 0. The van der Waals surface area contributed by atoms with E-state index in [1.165, 1.54) is 0 Å². The molecular formula is H4CoMgNiS. The van der Waals surface area contributed by atoms with Crippen molar-refractivity contribution < 1.29 is 36.1 Å². The Balaban J connectivity index is 0. The standard InChI is InChI=1S/Co.Mg.Ni.H2S.2H/h;;;1H2;;/q;+2;;;2*-1. The van der Waals surface area contributed by atoms with Gasteiger partial charge >= 0.3 is 23.1 Å². The summed E-state index contributed by atoms with van der Waals surface area (Å²) in [6.45, 7) is 0. The van der Waals surface area contributed by atoms with Crippen molar-refractivity contribution in [1.29, 1.82) is 0 Å². The smallest absolute Gasteiger partial charge is 1.00 e. The van der Waals surface area contributed by atoms with Crippen molar-refractivity contribution in [2.24, 2.45) is 0 Å². The van der Waals surface area contributed by atoms with Gasteiger partial charge in [-0.3, -0.25) is 0 Å². The summed E-state index contributed by atoms with van der Waals surface area (Å²) in [5, 5.41) is 0. The molecule has 0 aliphatic heterocycles. The number of hydrogen-bond donors (Lipinski definition) is 0. The van der Waals surface area contributed by atoms with E-state index in [1.54, 1.807) is 0 Å². The summed E-state index contributed by atoms with van der Waals surface area (Å²) in [7, 11) is 0. The Bertz CT molecular complexity index is 13.5. The third kappa shape index (κ3) is 8.93. The molecule has 0 aromatic rings. The Hall–Kier alpha value is 2.12. The molecule has 0 aliphatic rings. The molecule has 0 N–H and O–H groups in total. The predicted molar refractivity (Wildman–Crippen MR) is 18.4 cm³/mol. The first kappa shape index (κ1) is 35.7. The van der Waals surface area contributed by atoms with Gasteiger partial charge < -0.3 is 2.85 Å². The van der Waals surface area contributed by atoms with Crippen molar-refractivity contribution >= 4 is 36.5 Å². The topological polar surface area (TPSA) is 0 Å². The first-order valence-electron chi connectivity index (χ1n) is 0. The van der Waals surface area contributed by atoms with E-state index in [0.717, 1.165) is 0 Å². The van der Waals surface area contributed by atoms with Gasteiger partial charge in [-0.25, -0.2) is 0 Å². The molecule has 0 spiro atoms. The molecule has 0 unspecified atom stereocenters. The number of hydrogen-bond acceptors (Lipinski definition) is 0. The molecule has 0 saturated heterocycles. The minimum atomic E-state index is 0. The molecule has 0 saturated carbocycles. The predicted octanol–water partition coefficient (Wildman–Crippen LogP) is -0.0480. The molecule has 0 atom stereocenters. The zero-order valence-electron chi connectivity index (χ0n) is 3.86. The Morgan fingerprint density at radius 2 is 1.25 bits per heavy atom. The van der Waals surface area contributed by atoms with E-state index in [2.05, 4.69) is 0 Å². The van der Waals surface area contributed by atoms with Gasteiger partial charge in [-0.05, 0) is 0 Å². The van der Waals surface area contributed by atoms with Gasteiger partial charge in [0.15, 0.2) is 0 Å². The fraction of sp³-hybridized carbons (Fsp3) is 0. The molecule has 0 aromatic heterocycles. The third-order valence-corrected chi connectivity index (χ3v) is 0. The summed E-state index contributed by atoms with van der Waals surface area (Å²) in [4.78, 5) is 0. The Morgan fingerprint density at radius 1 is 1.25 bits per heavy atom. The van der Waals surface area contributed by atoms with Crippen LogP contribution < -0.4 is 0 Å². The maximum absolute atomic E-state index is 0. The van der Waals surface area contributed by atoms with Crippen molar-refractivity contribution in [2.75, 3.05) is 0 Å². The van der Waals surface area contributed by atoms with Gasteiger partial charge in [-0.2, -0.15) is 13.5 Å². The summed E-state index contributed by atoms with van der Waals surface area (Å²) >= 11 is 0. The molecule has 0 bridgehead atoms. The van der Waals surface area contributed by atoms with Crippen LogP contribution >= 0.6 is 13.5 Å². The molecule has 0 fully saturated rings. The van der Waals surface area contributed by atoms with Gasteiger partial charge in [-0.1, -0.05) is 0 Å². The quantitative estimate of drug-likeness (QED) is 0.456. The molecule has 4 heteroatoms. The van der Waals surface area contributed by atoms with Crippen LogP contribution in [0.2, 0.25) is 0 Å². The summed E-state index contributed by atoms with van der Waals surface area (Å²) in [6, 6.07) is 0. The molecule has 4 heavy (non-hydrogen) atoms. The van der Waals surface area contributed by atoms with E-state index >= 15 is 0 Å². The second-order valence-electron chi connectivity index (χ2n) is 0. The summed E-state index contributed by atoms with van der Waals surface area (Å²) < 4.78 is 0. The van der Waals surface area contributed by atoms with Crippen molar-refractivity contribution in [3.05, 3.63) is 0 Å². The van der Waals surface area contributed by atoms with Gasteiger partial charge in [0, 0.05) is 33.3 Å². The second kappa shape index (κ2) is 19.4. The molecule has 0 nitrogen and oxygen atoms in total. The van der Waals surface area contributed by atoms with E-state index < -0.39 is 0 Å². The van der Waals surface area contributed by atoms with Gasteiger partial charge in [0.05, 0.1) is 0 Å². The normalized spacial score (nSPS) is 0. The summed E-state index contributed by atoms with van der Waals surface area (Å²) in [5.74, 6) is 0. The van der Waals surface area contributed by atoms with E-state index in [4.69, 9.17) is 0 Å². The van der Waals surface area contributed by atoms with Gasteiger partial charge in [0.25, 0.3) is 0 Å². The van der Waals surface area contributed by atoms with Crippen LogP contribution in [-0.2, 0) is 33.3 Å². The van der Waals surface area contributed by atoms with Crippen LogP contribution in [0.15, 0.2) is 0 Å². The SMILES string of the molecule is S.[Co].[H-].[H-].[Mg+2].[Ni]. The number of rotatable bonds is 0. The molecule has 0 aromatic carbocycles. The molecule has 1 radical (unpaired) electrons. The van der Waals surface area contributed by atoms with E-state index in [9.17, 15) is 0 Å². The maximum atomic E-state index is 0. The van der Waals surface area contributed by atoms with E-state index in [1.807, 2.05) is 0 Å². The minimum absolute atomic E-state index is 0. The van der Waals surface area contributed by atoms with Crippen molar-refractivity contribution in [3.63, 3.8) is 0 Å². The van der Waals surface area contributed by atoms with Crippen molar-refractivity contribution in [3.8, 4) is 0 Å². The second-order valence-corrected chi connectivity index (χ2v) is 0. The molecule has 0 aliphatic carbocycles. The van der Waals surface area contributed by atoms with Crippen LogP contribution in [0.25, 0.3) is 0 Å². The Morgan fingerprint density at radius 3 is 1.25 bits per heavy atom. The fourth-order valence-electron chi connectivity index (χ4n) is 0. The monoisotopic (exact) mass is 177 g/mol. The Kier molecular flexibility index (Phi) is 173. The largest absolute Gasteiger partial charge is 2.00 e. The molecule has 0 amide bonds. The first-order chi connectivity index (χ1) is 0. The molecule has 0 rings (SSSR count). The fourth-order valence-corrected chi connectivity index (χ4v) is 0. The average molecular weight is 178 g/mol. The minimum Gasteiger partial charge on any atom is -1.00 e. The zero-order valence-corrected chi connectivity index (χ0v) is 6.30. The van der Waals surface area contributed by atoms with E-state index in [0.29, 0.717) is 0 Å². The molecular weight excluding hydrogens is 174 g/mol. The van der Waals surface area contributed by atoms with Crippen LogP contribution in [0.5, 0.6) is 0 Å². The van der Waals surface area contributed by atoms with Crippen LogP contribution in [0, 0.1) is 0 Å². The van der Waals surface area contributed by atoms with Gasteiger partial charge in [0.2, 0.25) is 0 Å².